The van der Waals surface area contributed by atoms with Crippen LogP contribution in [0, 0.1) is 0 Å². The molecule has 2 aliphatic heterocycles. The quantitative estimate of drug-likeness (QED) is 0.314. The molecule has 11 heteroatoms. The maximum atomic E-state index is 9.68. The molecule has 4 atom stereocenters. The van der Waals surface area contributed by atoms with E-state index >= 15 is 0 Å². The predicted molar refractivity (Wildman–Crippen MR) is 104 cm³/mol. The summed E-state index contributed by atoms with van der Waals surface area (Å²) >= 11 is -2.03. The van der Waals surface area contributed by atoms with Gasteiger partial charge in [0.2, 0.25) is 0 Å². The molecule has 4 unspecified atom stereocenters. The normalized spacial score (nSPS) is 23.6. The van der Waals surface area contributed by atoms with Crippen LogP contribution in [0.2, 0.25) is 0 Å². The molecule has 2 saturated heterocycles. The zero-order valence-corrected chi connectivity index (χ0v) is 20.2. The summed E-state index contributed by atoms with van der Waals surface area (Å²) in [5.41, 5.74) is 0. The molecule has 0 aliphatic carbocycles. The molecule has 0 aromatic rings. The third-order valence-electron chi connectivity index (χ3n) is 5.02. The molecular weight excluding hydrogens is 464 g/mol. The van der Waals surface area contributed by atoms with Gasteiger partial charge in [0.25, 0.3) is 0 Å². The molecule has 0 aromatic heterocycles. The van der Waals surface area contributed by atoms with E-state index in [4.69, 9.17) is 17.0 Å². The van der Waals surface area contributed by atoms with E-state index in [1.807, 2.05) is 9.80 Å². The van der Waals surface area contributed by atoms with E-state index < -0.39 is 43.2 Å². The Balaban J connectivity index is 0.000000477. The number of piperazine rings is 2. The van der Waals surface area contributed by atoms with Crippen molar-refractivity contribution in [2.75, 3.05) is 66.5 Å². The summed E-state index contributed by atoms with van der Waals surface area (Å²) in [6, 6.07) is 0. The second kappa shape index (κ2) is 16.6. The van der Waals surface area contributed by atoms with Gasteiger partial charge in [-0.3, -0.25) is 9.80 Å². The van der Waals surface area contributed by atoms with Crippen molar-refractivity contribution < 1.29 is 45.7 Å². The van der Waals surface area contributed by atoms with Gasteiger partial charge in [-0.15, -0.1) is 0 Å². The molecule has 2 aliphatic rings. The van der Waals surface area contributed by atoms with E-state index in [0.717, 1.165) is 52.4 Å². The summed E-state index contributed by atoms with van der Waals surface area (Å²) in [7, 11) is 4.16. The standard InChI is InChI=1S/2C9H20N2O2.Mo.2O/c2*1-8(12)7-9(13)11-5-3-10(2)4-6-11;;;/h2*8-9,12-13H,3-7H2,1-2H3;;;. The van der Waals surface area contributed by atoms with Crippen LogP contribution in [0.3, 0.4) is 0 Å². The Kier molecular flexibility index (Phi) is 16.6. The van der Waals surface area contributed by atoms with Crippen LogP contribution < -0.4 is 0 Å². The first-order valence-corrected chi connectivity index (χ1v) is 11.7. The second-order valence-electron chi connectivity index (χ2n) is 7.88. The molecular formula is C18H40MoN4O6. The molecule has 0 amide bonds. The molecule has 29 heavy (non-hydrogen) atoms. The number of likely N-dealkylation sites (N-methyl/N-ethyl adjacent to an activating group) is 2. The van der Waals surface area contributed by atoms with Crippen LogP contribution in [-0.2, 0) is 25.3 Å². The fourth-order valence-corrected chi connectivity index (χ4v) is 3.15. The van der Waals surface area contributed by atoms with Gasteiger partial charge in [-0.2, -0.15) is 0 Å². The fourth-order valence-electron chi connectivity index (χ4n) is 3.15. The van der Waals surface area contributed by atoms with Gasteiger partial charge < -0.3 is 30.2 Å². The van der Waals surface area contributed by atoms with Crippen LogP contribution in [0.1, 0.15) is 26.7 Å². The fraction of sp³-hybridized carbons (Fsp3) is 1.00. The van der Waals surface area contributed by atoms with Gasteiger partial charge in [0.05, 0.1) is 12.2 Å². The van der Waals surface area contributed by atoms with Crippen molar-refractivity contribution >= 4 is 0 Å². The van der Waals surface area contributed by atoms with Crippen LogP contribution in [0.4, 0.5) is 0 Å². The third kappa shape index (κ3) is 14.6. The van der Waals surface area contributed by atoms with Gasteiger partial charge in [0, 0.05) is 65.2 Å². The first-order chi connectivity index (χ1) is 13.6. The van der Waals surface area contributed by atoms with Crippen molar-refractivity contribution in [2.24, 2.45) is 0 Å². The Morgan fingerprint density at radius 1 is 0.655 bits per heavy atom. The Bertz CT molecular complexity index is 404. The number of aliphatic hydroxyl groups excluding tert-OH is 4. The third-order valence-corrected chi connectivity index (χ3v) is 5.02. The molecule has 174 valence electrons. The minimum absolute atomic E-state index is 0.422. The molecule has 2 heterocycles. The SMILES string of the molecule is CC(O)CC(O)N1CCN(C)CC1.CC(O)CC(O)N1CCN(C)CC1.[O]=[Mo]=[O]. The van der Waals surface area contributed by atoms with Gasteiger partial charge >= 0.3 is 25.3 Å². The van der Waals surface area contributed by atoms with E-state index in [2.05, 4.69) is 23.9 Å². The molecule has 0 saturated carbocycles. The van der Waals surface area contributed by atoms with Crippen molar-refractivity contribution in [2.45, 2.75) is 51.4 Å². The average Bonchev–Trinajstić information content (AvgIpc) is 2.63. The number of aliphatic hydroxyl groups is 4. The zero-order chi connectivity index (χ0) is 22.4. The van der Waals surface area contributed by atoms with Crippen molar-refractivity contribution in [3.8, 4) is 0 Å². The van der Waals surface area contributed by atoms with Crippen LogP contribution in [-0.4, -0.2) is 131 Å². The van der Waals surface area contributed by atoms with Crippen molar-refractivity contribution in [1.29, 1.82) is 0 Å². The summed E-state index contributed by atoms with van der Waals surface area (Å²) < 4.78 is 17.0. The van der Waals surface area contributed by atoms with Gasteiger partial charge in [-0.25, -0.2) is 0 Å². The predicted octanol–water partition coefficient (Wildman–Crippen LogP) is -1.59. The van der Waals surface area contributed by atoms with E-state index in [9.17, 15) is 10.2 Å². The summed E-state index contributed by atoms with van der Waals surface area (Å²) in [4.78, 5) is 8.52. The first kappa shape index (κ1) is 29.0. The number of hydrogen-bond donors (Lipinski definition) is 4. The topological polar surface area (TPSA) is 128 Å². The number of nitrogens with zero attached hydrogens (tertiary/aromatic N) is 4. The van der Waals surface area contributed by atoms with Gasteiger partial charge in [-0.05, 0) is 27.9 Å². The molecule has 0 spiro atoms. The molecule has 0 bridgehead atoms. The molecule has 10 nitrogen and oxygen atoms in total. The minimum atomic E-state index is -2.03. The number of hydrogen-bond acceptors (Lipinski definition) is 10. The van der Waals surface area contributed by atoms with E-state index in [-0.39, 0.29) is 0 Å². The molecule has 2 fully saturated rings. The van der Waals surface area contributed by atoms with Crippen LogP contribution in [0.25, 0.3) is 0 Å². The van der Waals surface area contributed by atoms with Crippen molar-refractivity contribution in [3.63, 3.8) is 0 Å². The van der Waals surface area contributed by atoms with E-state index in [1.165, 1.54) is 0 Å². The molecule has 4 N–H and O–H groups in total. The van der Waals surface area contributed by atoms with Crippen molar-refractivity contribution in [1.82, 2.24) is 19.6 Å². The van der Waals surface area contributed by atoms with E-state index in [1.54, 1.807) is 13.8 Å². The Morgan fingerprint density at radius 3 is 1.10 bits per heavy atom. The van der Waals surface area contributed by atoms with Crippen molar-refractivity contribution in [3.05, 3.63) is 0 Å². The van der Waals surface area contributed by atoms with Gasteiger partial charge in [0.1, 0.15) is 12.5 Å². The monoisotopic (exact) mass is 506 g/mol. The second-order valence-corrected chi connectivity index (χ2v) is 8.21. The van der Waals surface area contributed by atoms with Crippen LogP contribution in [0.5, 0.6) is 0 Å². The molecule has 2 rings (SSSR count). The summed E-state index contributed by atoms with van der Waals surface area (Å²) in [5, 5.41) is 37.6. The van der Waals surface area contributed by atoms with Gasteiger partial charge in [-0.1, -0.05) is 0 Å². The Labute approximate surface area is 183 Å². The average molecular weight is 504 g/mol. The first-order valence-electron chi connectivity index (χ1n) is 10.1. The number of rotatable bonds is 6. The molecule has 0 aromatic carbocycles. The Hall–Kier alpha value is -0.0317. The zero-order valence-electron chi connectivity index (χ0n) is 18.2. The molecule has 0 radical (unpaired) electrons. The Morgan fingerprint density at radius 2 is 0.897 bits per heavy atom. The van der Waals surface area contributed by atoms with Crippen LogP contribution >= 0.6 is 0 Å². The van der Waals surface area contributed by atoms with Gasteiger partial charge in [0.15, 0.2) is 0 Å². The van der Waals surface area contributed by atoms with Crippen LogP contribution in [0.15, 0.2) is 0 Å². The maximum absolute atomic E-state index is 9.68. The van der Waals surface area contributed by atoms with E-state index in [0.29, 0.717) is 12.8 Å². The summed E-state index contributed by atoms with van der Waals surface area (Å²) in [6.07, 6.45) is -0.903. The summed E-state index contributed by atoms with van der Waals surface area (Å²) in [6.45, 7) is 11.0. The summed E-state index contributed by atoms with van der Waals surface area (Å²) in [5.74, 6) is 0.